The zero-order chi connectivity index (χ0) is 21.8. The van der Waals surface area contributed by atoms with Gasteiger partial charge in [-0.05, 0) is 25.7 Å². The van der Waals surface area contributed by atoms with E-state index in [0.717, 1.165) is 25.7 Å². The average molecular weight is 471 g/mol. The molecule has 0 aromatic carbocycles. The molecule has 7 heteroatoms. The minimum atomic E-state index is -4.05. The van der Waals surface area contributed by atoms with Crippen LogP contribution in [0.3, 0.4) is 0 Å². The fourth-order valence-electron chi connectivity index (χ4n) is 3.30. The monoisotopic (exact) mass is 470 g/mol. The lowest BCUT2D eigenvalue weighted by atomic mass is 10.1. The Morgan fingerprint density at radius 2 is 0.828 bits per heavy atom. The first-order chi connectivity index (χ1) is 13.9. The van der Waals surface area contributed by atoms with Gasteiger partial charge in [-0.1, -0.05) is 104 Å². The Labute approximate surface area is 192 Å². The highest BCUT2D eigenvalue weighted by Gasteiger charge is 2.21. The van der Waals surface area contributed by atoms with Gasteiger partial charge in [-0.3, -0.25) is 0 Å². The predicted octanol–water partition coefficient (Wildman–Crippen LogP) is 7.84. The molecule has 0 bridgehead atoms. The van der Waals surface area contributed by atoms with Crippen LogP contribution < -0.4 is 0 Å². The minimum Gasteiger partial charge on any atom is -0.234 e. The third kappa shape index (κ3) is 21.6. The first-order valence-electron chi connectivity index (χ1n) is 11.9. The van der Waals surface area contributed by atoms with Crippen LogP contribution in [0.15, 0.2) is 0 Å². The Morgan fingerprint density at radius 1 is 0.552 bits per heavy atom. The molecule has 0 heterocycles. The summed E-state index contributed by atoms with van der Waals surface area (Å²) < 4.78 is 34.0. The molecule has 0 rings (SSSR count). The molecular weight excluding hydrogens is 424 g/mol. The highest BCUT2D eigenvalue weighted by atomic mass is 32.3. The second-order valence-electron chi connectivity index (χ2n) is 8.04. The summed E-state index contributed by atoms with van der Waals surface area (Å²) in [6.45, 7) is 4.44. The van der Waals surface area contributed by atoms with Crippen molar-refractivity contribution in [1.29, 1.82) is 0 Å². The van der Waals surface area contributed by atoms with Gasteiger partial charge in [-0.2, -0.15) is 8.42 Å². The van der Waals surface area contributed by atoms with Crippen LogP contribution in [0.2, 0.25) is 0 Å². The molecule has 2 unspecified atom stereocenters. The van der Waals surface area contributed by atoms with Crippen LogP contribution in [-0.2, 0) is 18.8 Å². The van der Waals surface area contributed by atoms with Gasteiger partial charge in [-0.15, -0.1) is 25.3 Å². The van der Waals surface area contributed by atoms with Crippen LogP contribution in [0.1, 0.15) is 129 Å². The number of hydrogen-bond acceptors (Lipinski definition) is 6. The van der Waals surface area contributed by atoms with Crippen LogP contribution in [-0.4, -0.2) is 19.3 Å². The van der Waals surface area contributed by atoms with E-state index in [-0.39, 0.29) is 0 Å². The van der Waals surface area contributed by atoms with Crippen molar-refractivity contribution in [3.63, 3.8) is 0 Å². The fourth-order valence-corrected chi connectivity index (χ4v) is 5.08. The second kappa shape index (κ2) is 20.5. The molecule has 0 aliphatic rings. The van der Waals surface area contributed by atoms with E-state index in [1.54, 1.807) is 0 Å². The maximum atomic E-state index is 12.0. The first-order valence-corrected chi connectivity index (χ1v) is 14.3. The smallest absolute Gasteiger partial charge is 0.234 e. The second-order valence-corrected chi connectivity index (χ2v) is 10.4. The van der Waals surface area contributed by atoms with Gasteiger partial charge in [0.2, 0.25) is 0 Å². The van der Waals surface area contributed by atoms with Gasteiger partial charge < -0.3 is 0 Å². The van der Waals surface area contributed by atoms with Crippen molar-refractivity contribution in [2.75, 3.05) is 0 Å². The van der Waals surface area contributed by atoms with Gasteiger partial charge in [0.15, 0.2) is 0 Å². The zero-order valence-corrected chi connectivity index (χ0v) is 21.4. The molecule has 0 spiro atoms. The Hall–Kier alpha value is 0.570. The summed E-state index contributed by atoms with van der Waals surface area (Å²) in [7, 11) is -4.05. The van der Waals surface area contributed by atoms with Crippen LogP contribution in [0.5, 0.6) is 0 Å². The Kier molecular flexibility index (Phi) is 20.9. The minimum absolute atomic E-state index is 0.607. The zero-order valence-electron chi connectivity index (χ0n) is 18.8. The molecule has 0 saturated heterocycles. The summed E-state index contributed by atoms with van der Waals surface area (Å²) in [6, 6.07) is 0. The molecule has 0 aromatic rings. The van der Waals surface area contributed by atoms with E-state index in [0.29, 0.717) is 12.8 Å². The van der Waals surface area contributed by atoms with Gasteiger partial charge in [0, 0.05) is 0 Å². The van der Waals surface area contributed by atoms with Crippen LogP contribution in [0.25, 0.3) is 0 Å². The molecule has 176 valence electrons. The van der Waals surface area contributed by atoms with Gasteiger partial charge >= 0.3 is 10.4 Å². The maximum Gasteiger partial charge on any atom is 0.402 e. The molecule has 0 aliphatic heterocycles. The highest BCUT2D eigenvalue weighted by Crippen LogP contribution is 2.19. The van der Waals surface area contributed by atoms with Gasteiger partial charge in [0.05, 0.1) is 0 Å². The SMILES string of the molecule is CCCCCCCCCCC(S)OS(=O)(=O)OC(S)CCCCCCCCCC. The lowest BCUT2D eigenvalue weighted by Gasteiger charge is -2.15. The normalized spacial score (nSPS) is 14.2. The summed E-state index contributed by atoms with van der Waals surface area (Å²) in [5.74, 6) is 0. The van der Waals surface area contributed by atoms with Crippen LogP contribution in [0, 0.1) is 0 Å². The van der Waals surface area contributed by atoms with E-state index in [4.69, 9.17) is 8.37 Å². The third-order valence-corrected chi connectivity index (χ3v) is 7.02. The summed E-state index contributed by atoms with van der Waals surface area (Å²) in [5.41, 5.74) is -1.30. The molecule has 0 radical (unpaired) electrons. The quantitative estimate of drug-likeness (QED) is 0.0961. The molecule has 0 saturated carbocycles. The van der Waals surface area contributed by atoms with Crippen molar-refractivity contribution < 1.29 is 16.8 Å². The molecule has 0 N–H and O–H groups in total. The number of rotatable bonds is 22. The van der Waals surface area contributed by atoms with Crippen molar-refractivity contribution in [2.24, 2.45) is 0 Å². The molecule has 0 aliphatic carbocycles. The molecule has 0 aromatic heterocycles. The van der Waals surface area contributed by atoms with Crippen LogP contribution in [0.4, 0.5) is 0 Å². The number of thiol groups is 2. The molecule has 2 atom stereocenters. The van der Waals surface area contributed by atoms with Gasteiger partial charge in [0.25, 0.3) is 0 Å². The number of hydrogen-bond donors (Lipinski definition) is 2. The summed E-state index contributed by atoms with van der Waals surface area (Å²) in [4.78, 5) is 0. The average Bonchev–Trinajstić information content (AvgIpc) is 2.65. The molecule has 4 nitrogen and oxygen atoms in total. The standard InChI is InChI=1S/C22H46O4S3/c1-3-5-7-9-11-13-15-17-19-21(27)25-29(23,24)26-22(28)20-18-16-14-12-10-8-6-4-2/h21-22,27-28H,3-20H2,1-2H3. The molecular formula is C22H46O4S3. The van der Waals surface area contributed by atoms with E-state index < -0.39 is 21.3 Å². The van der Waals surface area contributed by atoms with E-state index in [2.05, 4.69) is 39.1 Å². The van der Waals surface area contributed by atoms with Crippen molar-refractivity contribution in [3.8, 4) is 0 Å². The van der Waals surface area contributed by atoms with Crippen molar-refractivity contribution in [3.05, 3.63) is 0 Å². The van der Waals surface area contributed by atoms with Gasteiger partial charge in [0.1, 0.15) is 10.9 Å². The van der Waals surface area contributed by atoms with Crippen LogP contribution >= 0.6 is 25.3 Å². The van der Waals surface area contributed by atoms with E-state index in [9.17, 15) is 8.42 Å². The number of unbranched alkanes of at least 4 members (excludes halogenated alkanes) is 14. The summed E-state index contributed by atoms with van der Waals surface area (Å²) in [6.07, 6.45) is 20.5. The molecule has 0 amide bonds. The highest BCUT2D eigenvalue weighted by molar-refractivity contribution is 7.85. The topological polar surface area (TPSA) is 52.6 Å². The van der Waals surface area contributed by atoms with Gasteiger partial charge in [-0.25, -0.2) is 8.37 Å². The van der Waals surface area contributed by atoms with Crippen molar-refractivity contribution in [1.82, 2.24) is 0 Å². The fraction of sp³-hybridized carbons (Fsp3) is 1.00. The Balaban J connectivity index is 3.70. The third-order valence-electron chi connectivity index (χ3n) is 5.07. The van der Waals surface area contributed by atoms with Crippen molar-refractivity contribution >= 4 is 35.7 Å². The van der Waals surface area contributed by atoms with E-state index in [1.165, 1.54) is 77.0 Å². The largest absolute Gasteiger partial charge is 0.402 e. The lowest BCUT2D eigenvalue weighted by molar-refractivity contribution is 0.182. The maximum absolute atomic E-state index is 12.0. The predicted molar refractivity (Wildman–Crippen MR) is 131 cm³/mol. The lowest BCUT2D eigenvalue weighted by Crippen LogP contribution is -2.20. The first kappa shape index (κ1) is 29.6. The summed E-state index contributed by atoms with van der Waals surface area (Å²) in [5, 5.41) is 0. The van der Waals surface area contributed by atoms with Crippen molar-refractivity contribution in [2.45, 2.75) is 140 Å². The van der Waals surface area contributed by atoms with E-state index >= 15 is 0 Å². The van der Waals surface area contributed by atoms with E-state index in [1.807, 2.05) is 0 Å². The Bertz CT molecular complexity index is 409. The molecule has 0 fully saturated rings. The Morgan fingerprint density at radius 3 is 1.14 bits per heavy atom. The molecule has 29 heavy (non-hydrogen) atoms. The summed E-state index contributed by atoms with van der Waals surface area (Å²) >= 11 is 8.49.